The number of likely N-dealkylation sites (N-methyl/N-ethyl adjacent to an activating group) is 2. The fourth-order valence-electron chi connectivity index (χ4n) is 2.74. The van der Waals surface area contributed by atoms with Crippen LogP contribution < -0.4 is 5.32 Å². The highest BCUT2D eigenvalue weighted by Gasteiger charge is 2.21. The lowest BCUT2D eigenvalue weighted by atomic mass is 10.1. The lowest BCUT2D eigenvalue weighted by Gasteiger charge is -2.26. The van der Waals surface area contributed by atoms with Gasteiger partial charge in [0.15, 0.2) is 5.96 Å². The van der Waals surface area contributed by atoms with E-state index in [1.54, 1.807) is 0 Å². The number of halogens is 2. The Balaban J connectivity index is 0.00000364. The molecule has 0 amide bonds. The molecule has 1 N–H and O–H groups in total. The molecule has 1 fully saturated rings. The van der Waals surface area contributed by atoms with Crippen molar-refractivity contribution in [1.29, 1.82) is 0 Å². The molecule has 27 heavy (non-hydrogen) atoms. The minimum atomic E-state index is -0.214. The Labute approximate surface area is 180 Å². The maximum absolute atomic E-state index is 13.2. The number of aliphatic imine (C=N–C) groups is 1. The minimum absolute atomic E-state index is 0. The fraction of sp³-hybridized carbons (Fsp3) is 0.650. The first-order valence-electron chi connectivity index (χ1n) is 9.50. The molecule has 0 aromatic heterocycles. The van der Waals surface area contributed by atoms with E-state index in [4.69, 9.17) is 9.73 Å². The third-order valence-electron chi connectivity index (χ3n) is 4.61. The third-order valence-corrected chi connectivity index (χ3v) is 4.61. The van der Waals surface area contributed by atoms with Crippen LogP contribution in [0.25, 0.3) is 0 Å². The molecule has 0 bridgehead atoms. The molecule has 0 radical (unpaired) electrons. The molecular formula is C20H34FIN4O. The number of nitrogens with one attached hydrogen (secondary N) is 1. The van der Waals surface area contributed by atoms with E-state index in [9.17, 15) is 4.39 Å². The Hall–Kier alpha value is -0.930. The molecule has 1 aliphatic carbocycles. The summed E-state index contributed by atoms with van der Waals surface area (Å²) in [6.07, 6.45) is 2.63. The van der Waals surface area contributed by atoms with Crippen LogP contribution in [0.5, 0.6) is 0 Å². The van der Waals surface area contributed by atoms with Gasteiger partial charge in [0, 0.05) is 26.7 Å². The molecule has 1 unspecified atom stereocenters. The standard InChI is InChI=1S/C20H33FN4O.HI/c1-5-22-20(25(4)12-13-26-15-16-6-7-16)23-14-19(24(2)3)17-8-10-18(21)11-9-17;/h8-11,16,19H,5-7,12-15H2,1-4H3,(H,22,23);1H. The first-order valence-corrected chi connectivity index (χ1v) is 9.50. The number of nitrogens with zero attached hydrogens (tertiary/aromatic N) is 3. The van der Waals surface area contributed by atoms with Crippen molar-refractivity contribution in [1.82, 2.24) is 15.1 Å². The maximum atomic E-state index is 13.2. The van der Waals surface area contributed by atoms with E-state index in [2.05, 4.69) is 22.0 Å². The fourth-order valence-corrected chi connectivity index (χ4v) is 2.74. The molecule has 154 valence electrons. The molecule has 2 rings (SSSR count). The number of hydrogen-bond donors (Lipinski definition) is 1. The van der Waals surface area contributed by atoms with Crippen LogP contribution in [-0.2, 0) is 4.74 Å². The van der Waals surface area contributed by atoms with Crippen molar-refractivity contribution < 1.29 is 9.13 Å². The molecule has 1 aromatic rings. The van der Waals surface area contributed by atoms with E-state index in [1.807, 2.05) is 33.3 Å². The number of guanidine groups is 1. The molecule has 0 heterocycles. The summed E-state index contributed by atoms with van der Waals surface area (Å²) < 4.78 is 18.9. The van der Waals surface area contributed by atoms with E-state index < -0.39 is 0 Å². The molecule has 0 saturated heterocycles. The quantitative estimate of drug-likeness (QED) is 0.235. The van der Waals surface area contributed by atoms with Crippen molar-refractivity contribution in [2.45, 2.75) is 25.8 Å². The zero-order valence-corrected chi connectivity index (χ0v) is 19.3. The van der Waals surface area contributed by atoms with Gasteiger partial charge in [-0.2, -0.15) is 0 Å². The molecule has 7 heteroatoms. The Morgan fingerprint density at radius 2 is 1.93 bits per heavy atom. The normalized spacial score (nSPS) is 15.4. The molecule has 1 aromatic carbocycles. The number of ether oxygens (including phenoxy) is 1. The highest BCUT2D eigenvalue weighted by Crippen LogP contribution is 2.28. The first-order chi connectivity index (χ1) is 12.5. The van der Waals surface area contributed by atoms with Gasteiger partial charge in [-0.3, -0.25) is 4.99 Å². The summed E-state index contributed by atoms with van der Waals surface area (Å²) in [6.45, 7) is 5.89. The van der Waals surface area contributed by atoms with E-state index >= 15 is 0 Å². The van der Waals surface area contributed by atoms with Crippen molar-refractivity contribution in [2.75, 3.05) is 54.0 Å². The summed E-state index contributed by atoms with van der Waals surface area (Å²) in [5.41, 5.74) is 1.06. The van der Waals surface area contributed by atoms with Crippen LogP contribution >= 0.6 is 24.0 Å². The summed E-state index contributed by atoms with van der Waals surface area (Å²) in [5.74, 6) is 1.45. The summed E-state index contributed by atoms with van der Waals surface area (Å²) in [6, 6.07) is 6.77. The lowest BCUT2D eigenvalue weighted by molar-refractivity contribution is 0.115. The first kappa shape index (κ1) is 24.1. The van der Waals surface area contributed by atoms with Gasteiger partial charge in [-0.15, -0.1) is 24.0 Å². The molecule has 0 aliphatic heterocycles. The zero-order chi connectivity index (χ0) is 18.9. The Kier molecular flexibility index (Phi) is 11.2. The monoisotopic (exact) mass is 492 g/mol. The van der Waals surface area contributed by atoms with Crippen molar-refractivity contribution in [3.05, 3.63) is 35.6 Å². The van der Waals surface area contributed by atoms with Crippen LogP contribution in [0.3, 0.4) is 0 Å². The third kappa shape index (κ3) is 8.74. The Morgan fingerprint density at radius 3 is 2.48 bits per heavy atom. The summed E-state index contributed by atoms with van der Waals surface area (Å²) >= 11 is 0. The van der Waals surface area contributed by atoms with Crippen LogP contribution in [0.1, 0.15) is 31.4 Å². The molecule has 5 nitrogen and oxygen atoms in total. The predicted octanol–water partition coefficient (Wildman–Crippen LogP) is 3.37. The molecule has 0 spiro atoms. The highest BCUT2D eigenvalue weighted by molar-refractivity contribution is 14.0. The summed E-state index contributed by atoms with van der Waals surface area (Å²) in [7, 11) is 6.07. The van der Waals surface area contributed by atoms with Crippen molar-refractivity contribution in [2.24, 2.45) is 10.9 Å². The molecule has 1 aliphatic rings. The number of hydrogen-bond acceptors (Lipinski definition) is 3. The van der Waals surface area contributed by atoms with Gasteiger partial charge >= 0.3 is 0 Å². The van der Waals surface area contributed by atoms with Crippen LogP contribution in [0.15, 0.2) is 29.3 Å². The average molecular weight is 492 g/mol. The van der Waals surface area contributed by atoms with Gasteiger partial charge in [0.1, 0.15) is 5.82 Å². The van der Waals surface area contributed by atoms with Gasteiger partial charge in [-0.25, -0.2) is 4.39 Å². The second-order valence-electron chi connectivity index (χ2n) is 7.17. The predicted molar refractivity (Wildman–Crippen MR) is 120 cm³/mol. The second kappa shape index (κ2) is 12.5. The van der Waals surface area contributed by atoms with Crippen molar-refractivity contribution in [3.8, 4) is 0 Å². The van der Waals surface area contributed by atoms with Crippen LogP contribution in [-0.4, -0.2) is 69.8 Å². The van der Waals surface area contributed by atoms with Gasteiger partial charge in [-0.1, -0.05) is 12.1 Å². The minimum Gasteiger partial charge on any atom is -0.379 e. The Bertz CT molecular complexity index is 564. The van der Waals surface area contributed by atoms with Crippen LogP contribution in [0.2, 0.25) is 0 Å². The van der Waals surface area contributed by atoms with Crippen LogP contribution in [0.4, 0.5) is 4.39 Å². The van der Waals surface area contributed by atoms with E-state index in [0.717, 1.165) is 37.1 Å². The number of benzene rings is 1. The lowest BCUT2D eigenvalue weighted by Crippen LogP contribution is -2.41. The van der Waals surface area contributed by atoms with Gasteiger partial charge in [0.2, 0.25) is 0 Å². The second-order valence-corrected chi connectivity index (χ2v) is 7.17. The van der Waals surface area contributed by atoms with Crippen molar-refractivity contribution in [3.63, 3.8) is 0 Å². The van der Waals surface area contributed by atoms with Gasteiger partial charge in [-0.05, 0) is 57.5 Å². The topological polar surface area (TPSA) is 40.1 Å². The molecule has 1 saturated carbocycles. The van der Waals surface area contributed by atoms with Crippen molar-refractivity contribution >= 4 is 29.9 Å². The van der Waals surface area contributed by atoms with Crippen LogP contribution in [0, 0.1) is 11.7 Å². The zero-order valence-electron chi connectivity index (χ0n) is 16.9. The highest BCUT2D eigenvalue weighted by atomic mass is 127. The van der Waals surface area contributed by atoms with Gasteiger partial charge in [0.05, 0.1) is 19.2 Å². The van der Waals surface area contributed by atoms with E-state index in [1.165, 1.54) is 25.0 Å². The van der Waals surface area contributed by atoms with E-state index in [0.29, 0.717) is 13.2 Å². The summed E-state index contributed by atoms with van der Waals surface area (Å²) in [4.78, 5) is 9.02. The maximum Gasteiger partial charge on any atom is 0.193 e. The van der Waals surface area contributed by atoms with Gasteiger partial charge in [0.25, 0.3) is 0 Å². The molecular weight excluding hydrogens is 458 g/mol. The van der Waals surface area contributed by atoms with Gasteiger partial charge < -0.3 is 19.9 Å². The largest absolute Gasteiger partial charge is 0.379 e. The average Bonchev–Trinajstić information content (AvgIpc) is 3.43. The smallest absolute Gasteiger partial charge is 0.193 e. The Morgan fingerprint density at radius 1 is 1.26 bits per heavy atom. The molecule has 1 atom stereocenters. The SMILES string of the molecule is CCNC(=NCC(c1ccc(F)cc1)N(C)C)N(C)CCOCC1CC1.I. The number of rotatable bonds is 10. The summed E-state index contributed by atoms with van der Waals surface area (Å²) in [5, 5.41) is 3.34. The van der Waals surface area contributed by atoms with E-state index in [-0.39, 0.29) is 35.8 Å².